The zero-order chi connectivity index (χ0) is 12.1. The van der Waals surface area contributed by atoms with Gasteiger partial charge in [-0.1, -0.05) is 19.8 Å². The second kappa shape index (κ2) is 6.55. The number of piperidine rings is 1. The number of thiocarbonyl (C=S) groups is 1. The summed E-state index contributed by atoms with van der Waals surface area (Å²) in [5, 5.41) is 4.36. The number of unbranched alkanes of at least 4 members (excludes halogenated alkanes) is 1. The second-order valence-electron chi connectivity index (χ2n) is 5.22. The highest BCUT2D eigenvalue weighted by atomic mass is 32.1. The maximum absolute atomic E-state index is 5.48. The molecule has 2 aliphatic rings. The van der Waals surface area contributed by atoms with Crippen molar-refractivity contribution in [3.8, 4) is 0 Å². The molecule has 1 N–H and O–H groups in total. The molecule has 2 aliphatic heterocycles. The summed E-state index contributed by atoms with van der Waals surface area (Å²) in [6, 6.07) is 0.753. The second-order valence-corrected chi connectivity index (χ2v) is 5.60. The van der Waals surface area contributed by atoms with Crippen LogP contribution in [0.4, 0.5) is 0 Å². The smallest absolute Gasteiger partial charge is 0.169 e. The van der Waals surface area contributed by atoms with Crippen molar-refractivity contribution >= 4 is 17.3 Å². The van der Waals surface area contributed by atoms with Crippen LogP contribution in [-0.2, 0) is 0 Å². The Kier molecular flexibility index (Phi) is 5.04. The van der Waals surface area contributed by atoms with Gasteiger partial charge in [0, 0.05) is 32.2 Å². The molecule has 1 atom stereocenters. The Labute approximate surface area is 111 Å². The van der Waals surface area contributed by atoms with Crippen molar-refractivity contribution in [1.29, 1.82) is 0 Å². The van der Waals surface area contributed by atoms with Crippen LogP contribution in [0.1, 0.15) is 39.0 Å². The Morgan fingerprint density at radius 1 is 1.29 bits per heavy atom. The molecule has 0 radical (unpaired) electrons. The van der Waals surface area contributed by atoms with E-state index in [1.165, 1.54) is 45.2 Å². The summed E-state index contributed by atoms with van der Waals surface area (Å²) < 4.78 is 0. The fourth-order valence-corrected chi connectivity index (χ4v) is 3.09. The lowest BCUT2D eigenvalue weighted by Gasteiger charge is -2.44. The predicted octanol–water partition coefficient (Wildman–Crippen LogP) is 1.83. The van der Waals surface area contributed by atoms with Crippen molar-refractivity contribution in [2.75, 3.05) is 32.7 Å². The van der Waals surface area contributed by atoms with E-state index < -0.39 is 0 Å². The molecule has 17 heavy (non-hydrogen) atoms. The van der Waals surface area contributed by atoms with Gasteiger partial charge in [-0.2, -0.15) is 0 Å². The first-order valence-electron chi connectivity index (χ1n) is 7.08. The van der Waals surface area contributed by atoms with Crippen LogP contribution >= 0.6 is 12.2 Å². The van der Waals surface area contributed by atoms with Gasteiger partial charge >= 0.3 is 0 Å². The van der Waals surface area contributed by atoms with Crippen LogP contribution in [0.25, 0.3) is 0 Å². The van der Waals surface area contributed by atoms with Gasteiger partial charge in [0.25, 0.3) is 0 Å². The molecule has 4 heteroatoms. The molecule has 1 unspecified atom stereocenters. The molecule has 2 fully saturated rings. The Hall–Kier alpha value is -0.350. The Morgan fingerprint density at radius 3 is 3.00 bits per heavy atom. The van der Waals surface area contributed by atoms with Crippen LogP contribution in [0.3, 0.4) is 0 Å². The Bertz CT molecular complexity index is 257. The maximum atomic E-state index is 5.48. The Balaban J connectivity index is 1.76. The van der Waals surface area contributed by atoms with E-state index in [1.54, 1.807) is 0 Å². The number of hydrogen-bond acceptors (Lipinski definition) is 2. The van der Waals surface area contributed by atoms with Crippen LogP contribution in [0.15, 0.2) is 0 Å². The van der Waals surface area contributed by atoms with E-state index in [0.717, 1.165) is 30.8 Å². The normalized spacial score (nSPS) is 25.5. The first kappa shape index (κ1) is 13.1. The van der Waals surface area contributed by atoms with E-state index in [4.69, 9.17) is 12.2 Å². The number of nitrogens with one attached hydrogen (secondary N) is 1. The molecular weight excluding hydrogens is 230 g/mol. The van der Waals surface area contributed by atoms with Crippen molar-refractivity contribution in [3.63, 3.8) is 0 Å². The molecule has 2 rings (SSSR count). The molecule has 2 heterocycles. The topological polar surface area (TPSA) is 18.5 Å². The SMILES string of the molecule is CCCCNC(=S)N1CCN2CCCCC2C1. The van der Waals surface area contributed by atoms with E-state index in [-0.39, 0.29) is 0 Å². The highest BCUT2D eigenvalue weighted by Gasteiger charge is 2.29. The number of piperazine rings is 1. The van der Waals surface area contributed by atoms with Gasteiger partial charge in [-0.25, -0.2) is 0 Å². The molecule has 0 aromatic carbocycles. The van der Waals surface area contributed by atoms with Gasteiger partial charge in [-0.15, -0.1) is 0 Å². The number of rotatable bonds is 3. The minimum absolute atomic E-state index is 0.753. The quantitative estimate of drug-likeness (QED) is 0.612. The largest absolute Gasteiger partial charge is 0.363 e. The third-order valence-corrected chi connectivity index (χ3v) is 4.33. The van der Waals surface area contributed by atoms with Crippen LogP contribution in [0, 0.1) is 0 Å². The van der Waals surface area contributed by atoms with Crippen LogP contribution < -0.4 is 5.32 Å². The molecule has 0 spiro atoms. The standard InChI is InChI=1S/C13H25N3S/c1-2-3-7-14-13(17)16-10-9-15-8-5-4-6-12(15)11-16/h12H,2-11H2,1H3,(H,14,17). The van der Waals surface area contributed by atoms with E-state index >= 15 is 0 Å². The van der Waals surface area contributed by atoms with Gasteiger partial charge in [0.2, 0.25) is 0 Å². The minimum atomic E-state index is 0.753. The Morgan fingerprint density at radius 2 is 2.18 bits per heavy atom. The van der Waals surface area contributed by atoms with Crippen molar-refractivity contribution in [2.24, 2.45) is 0 Å². The lowest BCUT2D eigenvalue weighted by atomic mass is 10.00. The van der Waals surface area contributed by atoms with Crippen LogP contribution in [-0.4, -0.2) is 53.7 Å². The molecule has 98 valence electrons. The maximum Gasteiger partial charge on any atom is 0.169 e. The molecule has 0 aliphatic carbocycles. The van der Waals surface area contributed by atoms with Gasteiger partial charge < -0.3 is 10.2 Å². The van der Waals surface area contributed by atoms with Crippen LogP contribution in [0.5, 0.6) is 0 Å². The van der Waals surface area contributed by atoms with Crippen molar-refractivity contribution in [2.45, 2.75) is 45.1 Å². The first-order chi connectivity index (χ1) is 8.31. The third-order valence-electron chi connectivity index (χ3n) is 3.93. The molecular formula is C13H25N3S. The summed E-state index contributed by atoms with van der Waals surface area (Å²) in [4.78, 5) is 5.02. The summed E-state index contributed by atoms with van der Waals surface area (Å²) in [7, 11) is 0. The van der Waals surface area contributed by atoms with E-state index in [0.29, 0.717) is 0 Å². The van der Waals surface area contributed by atoms with Gasteiger partial charge in [-0.05, 0) is 38.0 Å². The summed E-state index contributed by atoms with van der Waals surface area (Å²) >= 11 is 5.48. The van der Waals surface area contributed by atoms with E-state index in [2.05, 4.69) is 22.0 Å². The fourth-order valence-electron chi connectivity index (χ4n) is 2.82. The number of nitrogens with zero attached hydrogens (tertiary/aromatic N) is 2. The first-order valence-corrected chi connectivity index (χ1v) is 7.49. The third kappa shape index (κ3) is 3.55. The fraction of sp³-hybridized carbons (Fsp3) is 0.923. The highest BCUT2D eigenvalue weighted by molar-refractivity contribution is 7.80. The zero-order valence-electron chi connectivity index (χ0n) is 11.0. The van der Waals surface area contributed by atoms with Crippen LogP contribution in [0.2, 0.25) is 0 Å². The van der Waals surface area contributed by atoms with Gasteiger partial charge in [0.05, 0.1) is 0 Å². The zero-order valence-corrected chi connectivity index (χ0v) is 11.8. The van der Waals surface area contributed by atoms with Gasteiger partial charge in [0.15, 0.2) is 5.11 Å². The minimum Gasteiger partial charge on any atom is -0.363 e. The average molecular weight is 255 g/mol. The molecule has 0 aromatic rings. The number of fused-ring (bicyclic) bond motifs is 1. The van der Waals surface area contributed by atoms with Crippen molar-refractivity contribution in [3.05, 3.63) is 0 Å². The molecule has 0 aromatic heterocycles. The molecule has 0 bridgehead atoms. The van der Waals surface area contributed by atoms with Crippen molar-refractivity contribution < 1.29 is 0 Å². The lowest BCUT2D eigenvalue weighted by Crippen LogP contribution is -2.57. The molecule has 3 nitrogen and oxygen atoms in total. The van der Waals surface area contributed by atoms with E-state index in [9.17, 15) is 0 Å². The van der Waals surface area contributed by atoms with Gasteiger partial charge in [0.1, 0.15) is 0 Å². The predicted molar refractivity (Wildman–Crippen MR) is 76.3 cm³/mol. The molecule has 0 amide bonds. The summed E-state index contributed by atoms with van der Waals surface area (Å²) in [5.41, 5.74) is 0. The molecule has 0 saturated carbocycles. The average Bonchev–Trinajstić information content (AvgIpc) is 2.38. The summed E-state index contributed by atoms with van der Waals surface area (Å²) in [5.74, 6) is 0. The monoisotopic (exact) mass is 255 g/mol. The van der Waals surface area contributed by atoms with Gasteiger partial charge in [-0.3, -0.25) is 4.90 Å². The highest BCUT2D eigenvalue weighted by Crippen LogP contribution is 2.20. The number of hydrogen-bond donors (Lipinski definition) is 1. The van der Waals surface area contributed by atoms with Crippen molar-refractivity contribution in [1.82, 2.24) is 15.1 Å². The van der Waals surface area contributed by atoms with E-state index in [1.807, 2.05) is 0 Å². The summed E-state index contributed by atoms with van der Waals surface area (Å²) in [6.07, 6.45) is 6.57. The lowest BCUT2D eigenvalue weighted by molar-refractivity contribution is 0.0799. The molecule has 2 saturated heterocycles. The summed E-state index contributed by atoms with van der Waals surface area (Å²) in [6.45, 7) is 7.98.